The van der Waals surface area contributed by atoms with Gasteiger partial charge in [-0.15, -0.1) is 0 Å². The van der Waals surface area contributed by atoms with Crippen molar-refractivity contribution in [2.75, 3.05) is 18.6 Å². The van der Waals surface area contributed by atoms with E-state index in [1.165, 1.54) is 0 Å². The number of hydrogen-bond donors (Lipinski definition) is 0. The third-order valence-corrected chi connectivity index (χ3v) is 3.88. The number of benzene rings is 2. The maximum absolute atomic E-state index is 12.3. The van der Waals surface area contributed by atoms with Crippen molar-refractivity contribution < 1.29 is 14.3 Å². The van der Waals surface area contributed by atoms with Crippen molar-refractivity contribution in [3.63, 3.8) is 0 Å². The number of halogens is 1. The van der Waals surface area contributed by atoms with Gasteiger partial charge in [0.2, 0.25) is 0 Å². The monoisotopic (exact) mass is 347 g/mol. The first-order chi connectivity index (χ1) is 10.2. The Labute approximate surface area is 131 Å². The molecule has 0 spiro atoms. The molecule has 0 aromatic heterocycles. The summed E-state index contributed by atoms with van der Waals surface area (Å²) in [6, 6.07) is 13.2. The zero-order chi connectivity index (χ0) is 14.8. The summed E-state index contributed by atoms with van der Waals surface area (Å²) in [5, 5.41) is 0. The molecule has 0 saturated carbocycles. The largest absolute Gasteiger partial charge is 0.497 e. The van der Waals surface area contributed by atoms with E-state index in [4.69, 9.17) is 9.47 Å². The molecular formula is C16H14BrNO3. The van der Waals surface area contributed by atoms with Crippen LogP contribution in [0, 0.1) is 0 Å². The van der Waals surface area contributed by atoms with Gasteiger partial charge >= 0.3 is 0 Å². The SMILES string of the molecule is COc1ccc(N2Cc3cc(Br)ccc3OCC2=O)cc1. The Hall–Kier alpha value is -2.01. The standard InChI is InChI=1S/C16H14BrNO3/c1-20-14-5-3-13(4-6-14)18-9-11-8-12(17)2-7-15(11)21-10-16(18)19/h2-8H,9-10H2,1H3. The number of carbonyl (C=O) groups is 1. The maximum Gasteiger partial charge on any atom is 0.265 e. The quantitative estimate of drug-likeness (QED) is 0.835. The summed E-state index contributed by atoms with van der Waals surface area (Å²) >= 11 is 3.45. The Morgan fingerprint density at radius 2 is 1.95 bits per heavy atom. The van der Waals surface area contributed by atoms with Crippen LogP contribution < -0.4 is 14.4 Å². The molecule has 108 valence electrons. The van der Waals surface area contributed by atoms with Gasteiger partial charge in [0.1, 0.15) is 11.5 Å². The molecule has 0 aliphatic carbocycles. The lowest BCUT2D eigenvalue weighted by atomic mass is 10.2. The molecule has 1 aliphatic heterocycles. The van der Waals surface area contributed by atoms with Crippen LogP contribution in [-0.4, -0.2) is 19.6 Å². The second kappa shape index (κ2) is 5.77. The summed E-state index contributed by atoms with van der Waals surface area (Å²) in [5.74, 6) is 1.45. The van der Waals surface area contributed by atoms with Gasteiger partial charge in [-0.1, -0.05) is 15.9 Å². The minimum Gasteiger partial charge on any atom is -0.497 e. The molecule has 3 rings (SSSR count). The normalized spacial score (nSPS) is 14.2. The van der Waals surface area contributed by atoms with E-state index in [0.29, 0.717) is 6.54 Å². The molecule has 1 heterocycles. The van der Waals surface area contributed by atoms with E-state index < -0.39 is 0 Å². The molecular weight excluding hydrogens is 334 g/mol. The third-order valence-electron chi connectivity index (χ3n) is 3.39. The summed E-state index contributed by atoms with van der Waals surface area (Å²) < 4.78 is 11.7. The summed E-state index contributed by atoms with van der Waals surface area (Å²) in [5.41, 5.74) is 1.81. The summed E-state index contributed by atoms with van der Waals surface area (Å²) in [7, 11) is 1.62. The molecule has 21 heavy (non-hydrogen) atoms. The number of hydrogen-bond acceptors (Lipinski definition) is 3. The lowest BCUT2D eigenvalue weighted by Gasteiger charge is -2.20. The van der Waals surface area contributed by atoms with Crippen molar-refractivity contribution in [3.8, 4) is 11.5 Å². The average Bonchev–Trinajstić information content (AvgIpc) is 2.67. The zero-order valence-electron chi connectivity index (χ0n) is 11.5. The number of fused-ring (bicyclic) bond motifs is 1. The van der Waals surface area contributed by atoms with E-state index in [1.807, 2.05) is 42.5 Å². The van der Waals surface area contributed by atoms with Crippen LogP contribution >= 0.6 is 15.9 Å². The minimum atomic E-state index is -0.0625. The topological polar surface area (TPSA) is 38.8 Å². The van der Waals surface area contributed by atoms with Crippen LogP contribution in [0.25, 0.3) is 0 Å². The van der Waals surface area contributed by atoms with Gasteiger partial charge in [0.15, 0.2) is 6.61 Å². The highest BCUT2D eigenvalue weighted by atomic mass is 79.9. The first-order valence-corrected chi connectivity index (χ1v) is 7.32. The number of nitrogens with zero attached hydrogens (tertiary/aromatic N) is 1. The summed E-state index contributed by atoms with van der Waals surface area (Å²) in [6.45, 7) is 0.528. The van der Waals surface area contributed by atoms with Crippen molar-refractivity contribution in [2.45, 2.75) is 6.54 Å². The molecule has 2 aromatic carbocycles. The van der Waals surface area contributed by atoms with E-state index >= 15 is 0 Å². The summed E-state index contributed by atoms with van der Waals surface area (Å²) in [4.78, 5) is 14.0. The van der Waals surface area contributed by atoms with Gasteiger partial charge in [-0.3, -0.25) is 4.79 Å². The molecule has 0 atom stereocenters. The molecule has 4 nitrogen and oxygen atoms in total. The molecule has 0 saturated heterocycles. The zero-order valence-corrected chi connectivity index (χ0v) is 13.1. The van der Waals surface area contributed by atoms with Gasteiger partial charge in [0, 0.05) is 15.7 Å². The molecule has 1 aliphatic rings. The van der Waals surface area contributed by atoms with Gasteiger partial charge in [0.05, 0.1) is 13.7 Å². The van der Waals surface area contributed by atoms with Gasteiger partial charge in [0.25, 0.3) is 5.91 Å². The Bertz CT molecular complexity index is 670. The van der Waals surface area contributed by atoms with Crippen LogP contribution in [0.5, 0.6) is 11.5 Å². The predicted molar refractivity (Wildman–Crippen MR) is 83.8 cm³/mol. The van der Waals surface area contributed by atoms with Crippen LogP contribution in [0.1, 0.15) is 5.56 Å². The van der Waals surface area contributed by atoms with Crippen molar-refractivity contribution in [1.29, 1.82) is 0 Å². The van der Waals surface area contributed by atoms with Gasteiger partial charge in [-0.2, -0.15) is 0 Å². The summed E-state index contributed by atoms with van der Waals surface area (Å²) in [6.07, 6.45) is 0. The maximum atomic E-state index is 12.3. The number of rotatable bonds is 2. The Kier molecular flexibility index (Phi) is 3.84. The predicted octanol–water partition coefficient (Wildman–Crippen LogP) is 3.38. The van der Waals surface area contributed by atoms with E-state index in [2.05, 4.69) is 15.9 Å². The number of anilines is 1. The highest BCUT2D eigenvalue weighted by Crippen LogP contribution is 2.29. The van der Waals surface area contributed by atoms with Crippen LogP contribution in [0.15, 0.2) is 46.9 Å². The number of carbonyl (C=O) groups excluding carboxylic acids is 1. The smallest absolute Gasteiger partial charge is 0.265 e. The molecule has 0 fully saturated rings. The van der Waals surface area contributed by atoms with E-state index in [1.54, 1.807) is 12.0 Å². The number of amides is 1. The van der Waals surface area contributed by atoms with Gasteiger partial charge in [-0.25, -0.2) is 0 Å². The molecule has 0 bridgehead atoms. The van der Waals surface area contributed by atoms with Crippen molar-refractivity contribution in [2.24, 2.45) is 0 Å². The molecule has 0 radical (unpaired) electrons. The van der Waals surface area contributed by atoms with Crippen molar-refractivity contribution in [3.05, 3.63) is 52.5 Å². The molecule has 1 amide bonds. The molecule has 5 heteroatoms. The highest BCUT2D eigenvalue weighted by Gasteiger charge is 2.23. The van der Waals surface area contributed by atoms with Crippen LogP contribution in [0.2, 0.25) is 0 Å². The van der Waals surface area contributed by atoms with E-state index in [9.17, 15) is 4.79 Å². The molecule has 0 N–H and O–H groups in total. The Morgan fingerprint density at radius 1 is 1.19 bits per heavy atom. The first-order valence-electron chi connectivity index (χ1n) is 6.53. The number of ether oxygens (including phenoxy) is 2. The second-order valence-corrected chi connectivity index (χ2v) is 5.63. The van der Waals surface area contributed by atoms with Gasteiger partial charge < -0.3 is 14.4 Å². The molecule has 0 unspecified atom stereocenters. The third kappa shape index (κ3) is 2.88. The van der Waals surface area contributed by atoms with Crippen molar-refractivity contribution in [1.82, 2.24) is 0 Å². The van der Waals surface area contributed by atoms with Crippen LogP contribution in [0.4, 0.5) is 5.69 Å². The fourth-order valence-corrected chi connectivity index (χ4v) is 2.69. The van der Waals surface area contributed by atoms with Crippen LogP contribution in [0.3, 0.4) is 0 Å². The van der Waals surface area contributed by atoms with Gasteiger partial charge in [-0.05, 0) is 42.5 Å². The highest BCUT2D eigenvalue weighted by molar-refractivity contribution is 9.10. The first kappa shape index (κ1) is 13.9. The van der Waals surface area contributed by atoms with E-state index in [-0.39, 0.29) is 12.5 Å². The fraction of sp³-hybridized carbons (Fsp3) is 0.188. The number of methoxy groups -OCH3 is 1. The lowest BCUT2D eigenvalue weighted by molar-refractivity contribution is -0.120. The second-order valence-electron chi connectivity index (χ2n) is 4.72. The Morgan fingerprint density at radius 3 is 2.67 bits per heavy atom. The van der Waals surface area contributed by atoms with Crippen LogP contribution in [-0.2, 0) is 11.3 Å². The average molecular weight is 348 g/mol. The lowest BCUT2D eigenvalue weighted by Crippen LogP contribution is -2.32. The minimum absolute atomic E-state index is 0.0423. The fourth-order valence-electron chi connectivity index (χ4n) is 2.29. The molecule has 2 aromatic rings. The van der Waals surface area contributed by atoms with Crippen molar-refractivity contribution >= 4 is 27.5 Å². The Balaban J connectivity index is 1.95. The van der Waals surface area contributed by atoms with E-state index in [0.717, 1.165) is 27.2 Å².